The summed E-state index contributed by atoms with van der Waals surface area (Å²) in [7, 11) is 1.38. The number of nitrogens with zero attached hydrogens (tertiary/aromatic N) is 3. The first-order valence-electron chi connectivity index (χ1n) is 11.5. The van der Waals surface area contributed by atoms with Crippen molar-refractivity contribution in [2.75, 3.05) is 36.4 Å². The minimum absolute atomic E-state index is 0.000586. The number of nitrogens with one attached hydrogen (secondary N) is 1. The molecule has 0 aliphatic carbocycles. The van der Waals surface area contributed by atoms with Gasteiger partial charge in [0.15, 0.2) is 5.82 Å². The fraction of sp³-hybridized carbons (Fsp3) is 0.333. The number of carbonyl (C=O) groups excluding carboxylic acids is 1. The Labute approximate surface area is 218 Å². The second kappa shape index (κ2) is 10.7. The number of aromatic nitrogens is 1. The molecule has 0 spiro atoms. The Balaban J connectivity index is 1.38. The van der Waals surface area contributed by atoms with E-state index in [-0.39, 0.29) is 47.2 Å². The maximum absolute atomic E-state index is 15.4. The van der Waals surface area contributed by atoms with Gasteiger partial charge in [-0.3, -0.25) is 9.52 Å². The fourth-order valence-electron chi connectivity index (χ4n) is 4.52. The molecule has 2 aliphatic rings. The zero-order chi connectivity index (χ0) is 26.9. The lowest BCUT2D eigenvalue weighted by molar-refractivity contribution is -0.274. The van der Waals surface area contributed by atoms with Gasteiger partial charge in [-0.25, -0.2) is 8.70 Å². The molecule has 0 bridgehead atoms. The molecule has 2 unspecified atom stereocenters. The molecule has 2 saturated heterocycles. The van der Waals surface area contributed by atoms with Crippen LogP contribution in [0.2, 0.25) is 0 Å². The Morgan fingerprint density at radius 1 is 1.21 bits per heavy atom. The number of carbonyl (C=O) groups is 1. The van der Waals surface area contributed by atoms with Crippen LogP contribution < -0.4 is 19.1 Å². The molecule has 2 aliphatic heterocycles. The molecule has 5 rings (SSSR count). The Kier molecular flexibility index (Phi) is 7.36. The molecule has 14 heteroatoms. The van der Waals surface area contributed by atoms with Gasteiger partial charge < -0.3 is 23.6 Å². The number of anilines is 2. The van der Waals surface area contributed by atoms with Gasteiger partial charge in [-0.05, 0) is 30.2 Å². The van der Waals surface area contributed by atoms with Crippen molar-refractivity contribution in [3.63, 3.8) is 0 Å². The van der Waals surface area contributed by atoms with Crippen LogP contribution in [0.1, 0.15) is 6.42 Å². The SMILES string of the molecule is COc1cc(-c2cccc(OC(F)(F)F)c2)c(F)cc1N1C(=O)COC2CN(SNc3ccon3)CCC21. The summed E-state index contributed by atoms with van der Waals surface area (Å²) < 4.78 is 78.6. The molecule has 1 amide bonds. The normalized spacial score (nSPS) is 20.2. The van der Waals surface area contributed by atoms with Crippen LogP contribution in [0, 0.1) is 5.82 Å². The Morgan fingerprint density at radius 2 is 2.05 bits per heavy atom. The van der Waals surface area contributed by atoms with E-state index in [1.54, 1.807) is 6.07 Å². The third kappa shape index (κ3) is 5.66. The van der Waals surface area contributed by atoms with E-state index < -0.39 is 17.9 Å². The summed E-state index contributed by atoms with van der Waals surface area (Å²) in [4.78, 5) is 14.5. The summed E-state index contributed by atoms with van der Waals surface area (Å²) in [6.07, 6.45) is -3.25. The summed E-state index contributed by atoms with van der Waals surface area (Å²) >= 11 is 1.33. The number of amides is 1. The van der Waals surface area contributed by atoms with Crippen molar-refractivity contribution < 1.29 is 41.1 Å². The van der Waals surface area contributed by atoms with E-state index >= 15 is 4.39 Å². The number of hydrogen-bond donors (Lipinski definition) is 1. The van der Waals surface area contributed by atoms with Crippen LogP contribution >= 0.6 is 12.1 Å². The van der Waals surface area contributed by atoms with Crippen LogP contribution in [0.25, 0.3) is 11.1 Å². The van der Waals surface area contributed by atoms with Crippen molar-refractivity contribution in [3.8, 4) is 22.6 Å². The Hall–Kier alpha value is -3.49. The lowest BCUT2D eigenvalue weighted by Crippen LogP contribution is -2.60. The quantitative estimate of drug-likeness (QED) is 0.325. The molecule has 202 valence electrons. The average Bonchev–Trinajstić information content (AvgIpc) is 3.40. The Bertz CT molecular complexity index is 1290. The number of piperidine rings is 1. The predicted molar refractivity (Wildman–Crippen MR) is 130 cm³/mol. The number of alkyl halides is 3. The molecular formula is C24H22F4N4O5S. The number of ether oxygens (including phenoxy) is 3. The van der Waals surface area contributed by atoms with Crippen molar-refractivity contribution in [3.05, 3.63) is 54.5 Å². The number of morpholine rings is 1. The minimum atomic E-state index is -4.88. The molecule has 2 fully saturated rings. The van der Waals surface area contributed by atoms with Gasteiger partial charge in [-0.1, -0.05) is 17.3 Å². The third-order valence-electron chi connectivity index (χ3n) is 6.13. The van der Waals surface area contributed by atoms with Crippen LogP contribution in [0.15, 0.2) is 53.3 Å². The number of benzene rings is 2. The maximum atomic E-state index is 15.4. The van der Waals surface area contributed by atoms with Gasteiger partial charge >= 0.3 is 6.36 Å². The highest BCUT2D eigenvalue weighted by molar-refractivity contribution is 7.98. The van der Waals surface area contributed by atoms with Gasteiger partial charge in [0.1, 0.15) is 30.2 Å². The number of hydrogen-bond acceptors (Lipinski definition) is 9. The summed E-state index contributed by atoms with van der Waals surface area (Å²) in [6.45, 7) is 0.886. The average molecular weight is 555 g/mol. The van der Waals surface area contributed by atoms with E-state index in [1.807, 2.05) is 4.31 Å². The molecule has 0 saturated carbocycles. The summed E-state index contributed by atoms with van der Waals surface area (Å²) in [5.41, 5.74) is 0.382. The van der Waals surface area contributed by atoms with Gasteiger partial charge in [0.25, 0.3) is 5.91 Å². The van der Waals surface area contributed by atoms with Crippen molar-refractivity contribution in [2.24, 2.45) is 0 Å². The first kappa shape index (κ1) is 26.1. The zero-order valence-corrected chi connectivity index (χ0v) is 20.7. The summed E-state index contributed by atoms with van der Waals surface area (Å²) in [5.74, 6) is -0.799. The molecular weight excluding hydrogens is 532 g/mol. The monoisotopic (exact) mass is 554 g/mol. The van der Waals surface area contributed by atoms with Crippen LogP contribution in [-0.2, 0) is 9.53 Å². The highest BCUT2D eigenvalue weighted by atomic mass is 32.2. The predicted octanol–water partition coefficient (Wildman–Crippen LogP) is 4.87. The smallest absolute Gasteiger partial charge is 0.495 e. The van der Waals surface area contributed by atoms with E-state index in [0.717, 1.165) is 12.1 Å². The zero-order valence-electron chi connectivity index (χ0n) is 19.9. The van der Waals surface area contributed by atoms with E-state index in [0.29, 0.717) is 25.3 Å². The van der Waals surface area contributed by atoms with Gasteiger partial charge in [-0.15, -0.1) is 13.2 Å². The molecule has 0 radical (unpaired) electrons. The third-order valence-corrected chi connectivity index (χ3v) is 7.02. The Morgan fingerprint density at radius 3 is 2.79 bits per heavy atom. The summed E-state index contributed by atoms with van der Waals surface area (Å²) in [6, 6.07) is 8.83. The van der Waals surface area contributed by atoms with E-state index in [4.69, 9.17) is 14.0 Å². The molecule has 2 aromatic carbocycles. The van der Waals surface area contributed by atoms with Crippen molar-refractivity contribution in [2.45, 2.75) is 24.9 Å². The van der Waals surface area contributed by atoms with E-state index in [1.165, 1.54) is 54.7 Å². The number of fused-ring (bicyclic) bond motifs is 1. The van der Waals surface area contributed by atoms with Crippen LogP contribution in [-0.4, -0.2) is 60.7 Å². The molecule has 1 aromatic heterocycles. The van der Waals surface area contributed by atoms with Gasteiger partial charge in [0.2, 0.25) is 0 Å². The van der Waals surface area contributed by atoms with Gasteiger partial charge in [0, 0.05) is 42.9 Å². The minimum Gasteiger partial charge on any atom is -0.495 e. The van der Waals surface area contributed by atoms with Crippen LogP contribution in [0.4, 0.5) is 29.1 Å². The van der Waals surface area contributed by atoms with Crippen LogP contribution in [0.5, 0.6) is 11.5 Å². The topological polar surface area (TPSA) is 89.3 Å². The van der Waals surface area contributed by atoms with Crippen LogP contribution in [0.3, 0.4) is 0 Å². The van der Waals surface area contributed by atoms with E-state index in [2.05, 4.69) is 14.6 Å². The molecule has 3 heterocycles. The standard InChI is InChI=1S/C24H22F4N4O5S/c1-34-20-10-16(14-3-2-4-15(9-14)37-24(26,27)28)17(25)11-19(20)32-18-5-7-31(12-21(18)35-13-23(32)33)38-30-22-6-8-36-29-22/h2-4,6,8-11,18,21H,5,7,12-13H2,1H3,(H,29,30). The molecule has 9 nitrogen and oxygen atoms in total. The van der Waals surface area contributed by atoms with Crippen molar-refractivity contribution in [1.82, 2.24) is 9.46 Å². The first-order chi connectivity index (χ1) is 18.2. The number of methoxy groups -OCH3 is 1. The van der Waals surface area contributed by atoms with Gasteiger partial charge in [-0.2, -0.15) is 0 Å². The number of rotatable bonds is 7. The van der Waals surface area contributed by atoms with Crippen molar-refractivity contribution in [1.29, 1.82) is 0 Å². The molecule has 3 aromatic rings. The second-order valence-electron chi connectivity index (χ2n) is 8.51. The largest absolute Gasteiger partial charge is 0.573 e. The highest BCUT2D eigenvalue weighted by Crippen LogP contribution is 2.40. The highest BCUT2D eigenvalue weighted by Gasteiger charge is 2.42. The molecule has 1 N–H and O–H groups in total. The maximum Gasteiger partial charge on any atom is 0.573 e. The molecule has 2 atom stereocenters. The van der Waals surface area contributed by atoms with Crippen molar-refractivity contribution >= 4 is 29.5 Å². The lowest BCUT2D eigenvalue weighted by atomic mass is 9.97. The lowest BCUT2D eigenvalue weighted by Gasteiger charge is -2.46. The first-order valence-corrected chi connectivity index (χ1v) is 12.2. The molecule has 38 heavy (non-hydrogen) atoms. The second-order valence-corrected chi connectivity index (χ2v) is 9.42. The summed E-state index contributed by atoms with van der Waals surface area (Å²) in [5, 5.41) is 3.80. The fourth-order valence-corrected chi connectivity index (χ4v) is 5.26. The van der Waals surface area contributed by atoms with Gasteiger partial charge in [0.05, 0.1) is 24.9 Å². The van der Waals surface area contributed by atoms with E-state index in [9.17, 15) is 18.0 Å². The number of halogens is 4.